The van der Waals surface area contributed by atoms with Gasteiger partial charge in [-0.25, -0.2) is 9.97 Å². The maximum absolute atomic E-state index is 12.2. The van der Waals surface area contributed by atoms with Crippen LogP contribution < -0.4 is 10.2 Å². The Labute approximate surface area is 145 Å². The van der Waals surface area contributed by atoms with Crippen molar-refractivity contribution >= 4 is 33.3 Å². The van der Waals surface area contributed by atoms with Gasteiger partial charge in [0, 0.05) is 23.8 Å². The summed E-state index contributed by atoms with van der Waals surface area (Å²) in [6, 6.07) is 5.67. The molecule has 0 spiro atoms. The molecule has 0 saturated heterocycles. The monoisotopic (exact) mass is 376 g/mol. The predicted octanol–water partition coefficient (Wildman–Crippen LogP) is 4.04. The van der Waals surface area contributed by atoms with Crippen LogP contribution in [0.3, 0.4) is 0 Å². The molecular formula is C17H21BrN4O. The highest BCUT2D eigenvalue weighted by atomic mass is 79.9. The van der Waals surface area contributed by atoms with Crippen molar-refractivity contribution in [2.24, 2.45) is 0 Å². The average Bonchev–Trinajstić information content (AvgIpc) is 2.56. The Morgan fingerprint density at radius 2 is 2.09 bits per heavy atom. The molecule has 1 N–H and O–H groups in total. The van der Waals surface area contributed by atoms with Crippen LogP contribution in [0.2, 0.25) is 0 Å². The van der Waals surface area contributed by atoms with Crippen LogP contribution in [0.4, 0.5) is 11.5 Å². The van der Waals surface area contributed by atoms with Gasteiger partial charge in [0.1, 0.15) is 11.5 Å². The van der Waals surface area contributed by atoms with Crippen molar-refractivity contribution in [3.05, 3.63) is 46.3 Å². The summed E-state index contributed by atoms with van der Waals surface area (Å²) in [4.78, 5) is 22.8. The minimum atomic E-state index is -0.268. The number of benzene rings is 1. The standard InChI is InChI=1S/C17H21BrN4O/c1-4-5-8-22(3)16-11-19-15(10-20-16)17(23)21-13-7-6-12(2)14(18)9-13/h6-7,9-11H,4-5,8H2,1-3H3,(H,21,23). The third-order valence-electron chi connectivity index (χ3n) is 3.54. The molecule has 2 aromatic rings. The summed E-state index contributed by atoms with van der Waals surface area (Å²) in [5, 5.41) is 2.82. The molecule has 0 aliphatic heterocycles. The lowest BCUT2D eigenvalue weighted by atomic mass is 10.2. The number of carbonyl (C=O) groups excluding carboxylic acids is 1. The lowest BCUT2D eigenvalue weighted by Gasteiger charge is -2.17. The average molecular weight is 377 g/mol. The van der Waals surface area contributed by atoms with Crippen molar-refractivity contribution in [1.82, 2.24) is 9.97 Å². The van der Waals surface area contributed by atoms with Crippen LogP contribution in [0.15, 0.2) is 35.1 Å². The van der Waals surface area contributed by atoms with Gasteiger partial charge in [-0.05, 0) is 31.0 Å². The van der Waals surface area contributed by atoms with Crippen LogP contribution >= 0.6 is 15.9 Å². The fourth-order valence-corrected chi connectivity index (χ4v) is 2.39. The van der Waals surface area contributed by atoms with Gasteiger partial charge in [0.05, 0.1) is 12.4 Å². The molecule has 23 heavy (non-hydrogen) atoms. The van der Waals surface area contributed by atoms with E-state index in [0.717, 1.165) is 40.9 Å². The van der Waals surface area contributed by atoms with Gasteiger partial charge in [-0.3, -0.25) is 4.79 Å². The molecule has 0 saturated carbocycles. The minimum Gasteiger partial charge on any atom is -0.358 e. The largest absolute Gasteiger partial charge is 0.358 e. The number of amides is 1. The Balaban J connectivity index is 2.03. The molecule has 5 nitrogen and oxygen atoms in total. The molecule has 0 aliphatic rings. The molecular weight excluding hydrogens is 356 g/mol. The summed E-state index contributed by atoms with van der Waals surface area (Å²) in [7, 11) is 1.98. The quantitative estimate of drug-likeness (QED) is 0.826. The normalized spacial score (nSPS) is 10.4. The molecule has 1 heterocycles. The number of nitrogens with zero attached hydrogens (tertiary/aromatic N) is 3. The third kappa shape index (κ3) is 4.76. The van der Waals surface area contributed by atoms with Crippen LogP contribution in [-0.2, 0) is 0 Å². The second-order valence-corrected chi connectivity index (χ2v) is 6.31. The lowest BCUT2D eigenvalue weighted by molar-refractivity contribution is 0.102. The molecule has 0 fully saturated rings. The first-order valence-electron chi connectivity index (χ1n) is 7.62. The van der Waals surface area contributed by atoms with Gasteiger partial charge < -0.3 is 10.2 Å². The first-order valence-corrected chi connectivity index (χ1v) is 8.41. The molecule has 1 amide bonds. The summed E-state index contributed by atoms with van der Waals surface area (Å²) < 4.78 is 0.953. The van der Waals surface area contributed by atoms with E-state index >= 15 is 0 Å². The number of anilines is 2. The summed E-state index contributed by atoms with van der Waals surface area (Å²) in [5.74, 6) is 0.504. The maximum Gasteiger partial charge on any atom is 0.275 e. The van der Waals surface area contributed by atoms with E-state index in [-0.39, 0.29) is 5.91 Å². The van der Waals surface area contributed by atoms with E-state index in [1.165, 1.54) is 6.20 Å². The van der Waals surface area contributed by atoms with Gasteiger partial charge in [-0.1, -0.05) is 35.3 Å². The van der Waals surface area contributed by atoms with E-state index in [1.54, 1.807) is 6.20 Å². The summed E-state index contributed by atoms with van der Waals surface area (Å²) >= 11 is 3.45. The number of unbranched alkanes of at least 4 members (excludes halogenated alkanes) is 1. The van der Waals surface area contributed by atoms with Gasteiger partial charge >= 0.3 is 0 Å². The first kappa shape index (κ1) is 17.4. The van der Waals surface area contributed by atoms with E-state index in [1.807, 2.05) is 37.1 Å². The number of hydrogen-bond acceptors (Lipinski definition) is 4. The van der Waals surface area contributed by atoms with E-state index in [4.69, 9.17) is 0 Å². The minimum absolute atomic E-state index is 0.268. The third-order valence-corrected chi connectivity index (χ3v) is 4.39. The molecule has 0 radical (unpaired) electrons. The van der Waals surface area contributed by atoms with E-state index < -0.39 is 0 Å². The summed E-state index contributed by atoms with van der Waals surface area (Å²) in [6.45, 7) is 5.07. The Morgan fingerprint density at radius 3 is 2.70 bits per heavy atom. The molecule has 1 aromatic carbocycles. The fraction of sp³-hybridized carbons (Fsp3) is 0.353. The van der Waals surface area contributed by atoms with E-state index in [0.29, 0.717) is 5.69 Å². The summed E-state index contributed by atoms with van der Waals surface area (Å²) in [6.07, 6.45) is 5.37. The molecule has 1 aromatic heterocycles. The first-order chi connectivity index (χ1) is 11.0. The number of carbonyl (C=O) groups is 1. The van der Waals surface area contributed by atoms with Gasteiger partial charge in [0.15, 0.2) is 0 Å². The smallest absolute Gasteiger partial charge is 0.275 e. The van der Waals surface area contributed by atoms with Crippen molar-refractivity contribution in [2.75, 3.05) is 23.8 Å². The molecule has 6 heteroatoms. The van der Waals surface area contributed by atoms with Crippen LogP contribution in [0, 0.1) is 6.92 Å². The second-order valence-electron chi connectivity index (χ2n) is 5.45. The fourth-order valence-electron chi connectivity index (χ4n) is 2.01. The SMILES string of the molecule is CCCCN(C)c1cnc(C(=O)Nc2ccc(C)c(Br)c2)cn1. The van der Waals surface area contributed by atoms with Crippen LogP contribution in [-0.4, -0.2) is 29.5 Å². The number of halogens is 1. The molecule has 0 bridgehead atoms. The van der Waals surface area contributed by atoms with Crippen molar-refractivity contribution in [1.29, 1.82) is 0 Å². The Kier molecular flexibility index (Phi) is 6.10. The van der Waals surface area contributed by atoms with Gasteiger partial charge in [-0.2, -0.15) is 0 Å². The zero-order chi connectivity index (χ0) is 16.8. The number of aryl methyl sites for hydroxylation is 1. The number of rotatable bonds is 6. The van der Waals surface area contributed by atoms with Crippen molar-refractivity contribution in [3.8, 4) is 0 Å². The molecule has 0 aliphatic carbocycles. The lowest BCUT2D eigenvalue weighted by Crippen LogP contribution is -2.21. The zero-order valence-corrected chi connectivity index (χ0v) is 15.2. The molecule has 122 valence electrons. The highest BCUT2D eigenvalue weighted by molar-refractivity contribution is 9.10. The van der Waals surface area contributed by atoms with Crippen LogP contribution in [0.1, 0.15) is 35.8 Å². The number of aromatic nitrogens is 2. The van der Waals surface area contributed by atoms with Gasteiger partial charge in [-0.15, -0.1) is 0 Å². The topological polar surface area (TPSA) is 58.1 Å². The van der Waals surface area contributed by atoms with Crippen molar-refractivity contribution in [2.45, 2.75) is 26.7 Å². The van der Waals surface area contributed by atoms with Gasteiger partial charge in [0.25, 0.3) is 5.91 Å². The van der Waals surface area contributed by atoms with Crippen LogP contribution in [0.5, 0.6) is 0 Å². The number of hydrogen-bond donors (Lipinski definition) is 1. The Morgan fingerprint density at radius 1 is 1.30 bits per heavy atom. The highest BCUT2D eigenvalue weighted by Crippen LogP contribution is 2.21. The second kappa shape index (κ2) is 8.06. The molecule has 0 atom stereocenters. The predicted molar refractivity (Wildman–Crippen MR) is 97.0 cm³/mol. The van der Waals surface area contributed by atoms with Crippen molar-refractivity contribution in [3.63, 3.8) is 0 Å². The zero-order valence-electron chi connectivity index (χ0n) is 13.6. The number of nitrogens with one attached hydrogen (secondary N) is 1. The van der Waals surface area contributed by atoms with E-state index in [9.17, 15) is 4.79 Å². The Hall–Kier alpha value is -1.95. The van der Waals surface area contributed by atoms with Crippen LogP contribution in [0.25, 0.3) is 0 Å². The molecule has 2 rings (SSSR count). The van der Waals surface area contributed by atoms with E-state index in [2.05, 4.69) is 38.1 Å². The van der Waals surface area contributed by atoms with Crippen molar-refractivity contribution < 1.29 is 4.79 Å². The maximum atomic E-state index is 12.2. The Bertz CT molecular complexity index is 673. The van der Waals surface area contributed by atoms with Gasteiger partial charge in [0.2, 0.25) is 0 Å². The highest BCUT2D eigenvalue weighted by Gasteiger charge is 2.10. The molecule has 0 unspecified atom stereocenters. The summed E-state index contributed by atoms with van der Waals surface area (Å²) in [5.41, 5.74) is 2.13.